The average molecular weight is 364 g/mol. The Bertz CT molecular complexity index is 1010. The number of aromatic nitrogens is 2. The van der Waals surface area contributed by atoms with Gasteiger partial charge in [0.05, 0.1) is 12.1 Å². The van der Waals surface area contributed by atoms with E-state index in [4.69, 9.17) is 4.74 Å². The highest BCUT2D eigenvalue weighted by Gasteiger charge is 2.29. The maximum atomic E-state index is 13.2. The second kappa shape index (κ2) is 7.20. The first-order chi connectivity index (χ1) is 13.2. The zero-order chi connectivity index (χ0) is 18.8. The molecule has 3 heterocycles. The maximum Gasteiger partial charge on any atom is 0.287 e. The first-order valence-corrected chi connectivity index (χ1v) is 8.84. The lowest BCUT2D eigenvalue weighted by Gasteiger charge is -2.16. The molecule has 2 aromatic heterocycles. The molecule has 1 aliphatic rings. The van der Waals surface area contributed by atoms with Crippen LogP contribution >= 0.6 is 0 Å². The van der Waals surface area contributed by atoms with Gasteiger partial charge in [-0.2, -0.15) is 0 Å². The first kappa shape index (κ1) is 17.2. The van der Waals surface area contributed by atoms with Crippen LogP contribution in [0.2, 0.25) is 0 Å². The highest BCUT2D eigenvalue weighted by Crippen LogP contribution is 2.29. The van der Waals surface area contributed by atoms with E-state index in [2.05, 4.69) is 10.3 Å². The van der Waals surface area contributed by atoms with E-state index in [9.17, 15) is 9.59 Å². The third-order valence-electron chi connectivity index (χ3n) is 4.68. The molecule has 1 aromatic carbocycles. The molecule has 0 radical (unpaired) electrons. The third-order valence-corrected chi connectivity index (χ3v) is 4.68. The number of imidazole rings is 1. The van der Waals surface area contributed by atoms with Gasteiger partial charge in [0.1, 0.15) is 0 Å². The summed E-state index contributed by atoms with van der Waals surface area (Å²) < 4.78 is 6.61. The average Bonchev–Trinajstić information content (AvgIpc) is 3.30. The number of benzene rings is 1. The third kappa shape index (κ3) is 3.06. The van der Waals surface area contributed by atoms with Gasteiger partial charge in [-0.3, -0.25) is 14.0 Å². The summed E-state index contributed by atoms with van der Waals surface area (Å²) in [6, 6.07) is 13.3. The van der Waals surface area contributed by atoms with Crippen LogP contribution in [-0.2, 0) is 11.2 Å². The van der Waals surface area contributed by atoms with Gasteiger partial charge in [0.25, 0.3) is 11.8 Å². The van der Waals surface area contributed by atoms with Crippen molar-refractivity contribution in [3.8, 4) is 0 Å². The fourth-order valence-electron chi connectivity index (χ4n) is 3.38. The summed E-state index contributed by atoms with van der Waals surface area (Å²) in [5.74, 6) is -0.341. The summed E-state index contributed by atoms with van der Waals surface area (Å²) in [7, 11) is 1.57. The van der Waals surface area contributed by atoms with Crippen molar-refractivity contribution in [3.05, 3.63) is 65.7 Å². The van der Waals surface area contributed by atoms with E-state index in [0.717, 1.165) is 17.7 Å². The molecule has 2 amide bonds. The number of fused-ring (bicyclic) bond motifs is 2. The second-order valence-electron chi connectivity index (χ2n) is 6.32. The number of hydrogen-bond donors (Lipinski definition) is 1. The number of hydrogen-bond acceptors (Lipinski definition) is 4. The minimum atomic E-state index is -0.339. The van der Waals surface area contributed by atoms with Gasteiger partial charge in [-0.15, -0.1) is 0 Å². The Morgan fingerprint density at radius 1 is 1.19 bits per heavy atom. The van der Waals surface area contributed by atoms with E-state index in [1.807, 2.05) is 30.3 Å². The highest BCUT2D eigenvalue weighted by molar-refractivity contribution is 6.11. The van der Waals surface area contributed by atoms with Crippen molar-refractivity contribution in [3.63, 3.8) is 0 Å². The number of nitrogens with one attached hydrogen (secondary N) is 1. The van der Waals surface area contributed by atoms with Crippen LogP contribution in [0.1, 0.15) is 26.7 Å². The lowest BCUT2D eigenvalue weighted by molar-refractivity contribution is 0.0926. The van der Waals surface area contributed by atoms with Gasteiger partial charge in [-0.1, -0.05) is 24.3 Å². The molecule has 0 unspecified atom stereocenters. The van der Waals surface area contributed by atoms with E-state index >= 15 is 0 Å². The summed E-state index contributed by atoms with van der Waals surface area (Å²) in [5, 5.41) is 2.76. The maximum absolute atomic E-state index is 13.2. The number of para-hydroxylation sites is 1. The van der Waals surface area contributed by atoms with Gasteiger partial charge < -0.3 is 15.0 Å². The predicted molar refractivity (Wildman–Crippen MR) is 101 cm³/mol. The van der Waals surface area contributed by atoms with Gasteiger partial charge in [0, 0.05) is 32.1 Å². The number of nitrogens with zero attached hydrogens (tertiary/aromatic N) is 3. The summed E-state index contributed by atoms with van der Waals surface area (Å²) in [5.41, 5.74) is 2.95. The number of rotatable bonds is 5. The Balaban J connectivity index is 1.70. The monoisotopic (exact) mass is 364 g/mol. The minimum absolute atomic E-state index is 0.192. The quantitative estimate of drug-likeness (QED) is 0.702. The van der Waals surface area contributed by atoms with Crippen LogP contribution in [0.15, 0.2) is 48.7 Å². The molecule has 0 fully saturated rings. The van der Waals surface area contributed by atoms with Crippen LogP contribution in [0.3, 0.4) is 0 Å². The lowest BCUT2D eigenvalue weighted by atomic mass is 10.2. The van der Waals surface area contributed by atoms with Crippen molar-refractivity contribution < 1.29 is 14.3 Å². The summed E-state index contributed by atoms with van der Waals surface area (Å²) >= 11 is 0. The van der Waals surface area contributed by atoms with Gasteiger partial charge in [-0.05, 0) is 30.2 Å². The van der Waals surface area contributed by atoms with Crippen molar-refractivity contribution in [1.29, 1.82) is 0 Å². The zero-order valence-electron chi connectivity index (χ0n) is 15.0. The van der Waals surface area contributed by atoms with Crippen LogP contribution in [0.25, 0.3) is 5.52 Å². The molecule has 0 saturated carbocycles. The van der Waals surface area contributed by atoms with Gasteiger partial charge >= 0.3 is 0 Å². The number of methoxy groups -OCH3 is 1. The van der Waals surface area contributed by atoms with E-state index < -0.39 is 0 Å². The molecule has 27 heavy (non-hydrogen) atoms. The van der Waals surface area contributed by atoms with Gasteiger partial charge in [0.2, 0.25) is 5.82 Å². The number of ether oxygens (including phenoxy) is 1. The van der Waals surface area contributed by atoms with Crippen molar-refractivity contribution in [2.24, 2.45) is 0 Å². The number of amides is 2. The van der Waals surface area contributed by atoms with Gasteiger partial charge in [-0.25, -0.2) is 4.98 Å². The SMILES string of the molecule is COCCNC(=O)c1nc(C(=O)N2CCc3ccccc32)c2ccccn12. The second-order valence-corrected chi connectivity index (χ2v) is 6.32. The standard InChI is InChI=1S/C20H20N4O3/c1-27-13-10-21-19(25)18-22-17(16-8-4-5-11-23(16)18)20(26)24-12-9-14-6-2-3-7-15(14)24/h2-8,11H,9-10,12-13H2,1H3,(H,21,25). The Labute approximate surface area is 156 Å². The molecule has 0 spiro atoms. The largest absolute Gasteiger partial charge is 0.383 e. The molecular weight excluding hydrogens is 344 g/mol. The van der Waals surface area contributed by atoms with Crippen LogP contribution in [-0.4, -0.2) is 48.0 Å². The van der Waals surface area contributed by atoms with E-state index in [1.54, 1.807) is 34.7 Å². The van der Waals surface area contributed by atoms with Gasteiger partial charge in [0.15, 0.2) is 5.69 Å². The Hall–Kier alpha value is -3.19. The van der Waals surface area contributed by atoms with Crippen molar-refractivity contribution in [1.82, 2.24) is 14.7 Å². The topological polar surface area (TPSA) is 75.9 Å². The van der Waals surface area contributed by atoms with E-state index in [1.165, 1.54) is 0 Å². The van der Waals surface area contributed by atoms with Crippen LogP contribution in [0.4, 0.5) is 5.69 Å². The van der Waals surface area contributed by atoms with Crippen LogP contribution < -0.4 is 10.2 Å². The number of anilines is 1. The Kier molecular flexibility index (Phi) is 4.60. The predicted octanol–water partition coefficient (Wildman–Crippen LogP) is 1.91. The molecule has 0 saturated heterocycles. The van der Waals surface area contributed by atoms with Crippen molar-refractivity contribution in [2.45, 2.75) is 6.42 Å². The molecule has 138 valence electrons. The molecule has 0 bridgehead atoms. The molecule has 7 nitrogen and oxygen atoms in total. The molecule has 3 aromatic rings. The van der Waals surface area contributed by atoms with E-state index in [0.29, 0.717) is 25.2 Å². The smallest absolute Gasteiger partial charge is 0.287 e. The lowest BCUT2D eigenvalue weighted by Crippen LogP contribution is -2.30. The van der Waals surface area contributed by atoms with Crippen LogP contribution in [0, 0.1) is 0 Å². The summed E-state index contributed by atoms with van der Waals surface area (Å²) in [6.45, 7) is 1.39. The minimum Gasteiger partial charge on any atom is -0.383 e. The number of carbonyl (C=O) groups excluding carboxylic acids is 2. The molecule has 7 heteroatoms. The number of pyridine rings is 1. The Morgan fingerprint density at radius 2 is 2.00 bits per heavy atom. The molecule has 0 aliphatic carbocycles. The molecule has 4 rings (SSSR count). The molecule has 1 aliphatic heterocycles. The summed E-state index contributed by atoms with van der Waals surface area (Å²) in [6.07, 6.45) is 2.56. The van der Waals surface area contributed by atoms with Crippen molar-refractivity contribution in [2.75, 3.05) is 31.7 Å². The highest BCUT2D eigenvalue weighted by atomic mass is 16.5. The molecule has 0 atom stereocenters. The Morgan fingerprint density at radius 3 is 2.85 bits per heavy atom. The normalized spacial score (nSPS) is 13.0. The molecular formula is C20H20N4O3. The fourth-order valence-corrected chi connectivity index (χ4v) is 3.38. The summed E-state index contributed by atoms with van der Waals surface area (Å²) in [4.78, 5) is 31.9. The van der Waals surface area contributed by atoms with Crippen molar-refractivity contribution >= 4 is 23.0 Å². The molecule has 1 N–H and O–H groups in total. The van der Waals surface area contributed by atoms with Crippen LogP contribution in [0.5, 0.6) is 0 Å². The van der Waals surface area contributed by atoms with E-state index in [-0.39, 0.29) is 23.3 Å². The number of carbonyl (C=O) groups is 2. The zero-order valence-corrected chi connectivity index (χ0v) is 15.0. The first-order valence-electron chi connectivity index (χ1n) is 8.84. The fraction of sp³-hybridized carbons (Fsp3) is 0.250.